The average molecular weight is 146 g/mol. The number of carbonyl (C=O) groups is 1. The van der Waals surface area contributed by atoms with Gasteiger partial charge in [0.05, 0.1) is 6.10 Å². The van der Waals surface area contributed by atoms with E-state index in [9.17, 15) is 4.79 Å². The van der Waals surface area contributed by atoms with E-state index in [2.05, 4.69) is 19.6 Å². The zero-order valence-corrected chi connectivity index (χ0v) is 7.47. The molecule has 0 aromatic carbocycles. The van der Waals surface area contributed by atoms with Crippen LogP contribution in [-0.2, 0) is 9.22 Å². The van der Waals surface area contributed by atoms with Gasteiger partial charge in [-0.3, -0.25) is 0 Å². The van der Waals surface area contributed by atoms with Crippen LogP contribution in [0.1, 0.15) is 6.92 Å². The van der Waals surface area contributed by atoms with Crippen LogP contribution in [0.4, 0.5) is 0 Å². The first-order chi connectivity index (χ1) is 3.95. The summed E-state index contributed by atoms with van der Waals surface area (Å²) in [5.74, 6) is 0. The van der Waals surface area contributed by atoms with Crippen molar-refractivity contribution in [3.05, 3.63) is 0 Å². The molecular formula is C6H14O2Si. The molecule has 0 aromatic heterocycles. The van der Waals surface area contributed by atoms with Crippen molar-refractivity contribution in [2.75, 3.05) is 0 Å². The van der Waals surface area contributed by atoms with E-state index >= 15 is 0 Å². The monoisotopic (exact) mass is 146 g/mol. The Morgan fingerprint density at radius 1 is 1.44 bits per heavy atom. The summed E-state index contributed by atoms with van der Waals surface area (Å²) < 4.78 is 5.36. The van der Waals surface area contributed by atoms with Crippen molar-refractivity contribution in [1.82, 2.24) is 0 Å². The molecule has 0 spiro atoms. The van der Waals surface area contributed by atoms with Crippen LogP contribution in [0.15, 0.2) is 0 Å². The minimum Gasteiger partial charge on any atom is -0.408 e. The molecule has 0 aliphatic rings. The van der Waals surface area contributed by atoms with Gasteiger partial charge in [0, 0.05) is 0 Å². The smallest absolute Gasteiger partial charge is 0.184 e. The molecule has 0 aliphatic heterocycles. The molecule has 0 saturated heterocycles. The zero-order valence-electron chi connectivity index (χ0n) is 6.47. The fourth-order valence-corrected chi connectivity index (χ4v) is 1.76. The maximum atomic E-state index is 10.1. The average Bonchev–Trinajstić information content (AvgIpc) is 1.62. The Kier molecular flexibility index (Phi) is 3.07. The molecule has 0 saturated carbocycles. The van der Waals surface area contributed by atoms with E-state index in [1.54, 1.807) is 6.92 Å². The second-order valence-electron chi connectivity index (χ2n) is 3.07. The molecular weight excluding hydrogens is 132 g/mol. The van der Waals surface area contributed by atoms with Gasteiger partial charge < -0.3 is 9.22 Å². The summed E-state index contributed by atoms with van der Waals surface area (Å²) in [6.45, 7) is 7.96. The van der Waals surface area contributed by atoms with Crippen LogP contribution in [0.3, 0.4) is 0 Å². The molecule has 0 rings (SSSR count). The van der Waals surface area contributed by atoms with Crippen LogP contribution in [0.25, 0.3) is 0 Å². The quantitative estimate of drug-likeness (QED) is 0.444. The Morgan fingerprint density at radius 2 is 1.89 bits per heavy atom. The third-order valence-electron chi connectivity index (χ3n) is 0.731. The van der Waals surface area contributed by atoms with Crippen molar-refractivity contribution in [3.8, 4) is 0 Å². The highest BCUT2D eigenvalue weighted by Gasteiger charge is 2.16. The minimum absolute atomic E-state index is 0.225. The molecule has 0 aromatic rings. The van der Waals surface area contributed by atoms with Crippen LogP contribution in [0.5, 0.6) is 0 Å². The lowest BCUT2D eigenvalue weighted by Crippen LogP contribution is -2.31. The van der Waals surface area contributed by atoms with Crippen LogP contribution in [0, 0.1) is 0 Å². The van der Waals surface area contributed by atoms with Gasteiger partial charge in [0.15, 0.2) is 8.32 Å². The van der Waals surface area contributed by atoms with Gasteiger partial charge in [-0.1, -0.05) is 0 Å². The Balaban J connectivity index is 3.59. The standard InChI is InChI=1S/C6H14O2Si/c1-6(5-7)8-9(2,3)4/h5-6H,1-4H3. The first kappa shape index (κ1) is 8.85. The molecule has 2 nitrogen and oxygen atoms in total. The van der Waals surface area contributed by atoms with Gasteiger partial charge in [0.2, 0.25) is 0 Å². The predicted molar refractivity (Wildman–Crippen MR) is 40.0 cm³/mol. The molecule has 1 unspecified atom stereocenters. The van der Waals surface area contributed by atoms with Gasteiger partial charge in [-0.25, -0.2) is 0 Å². The Labute approximate surface area is 57.3 Å². The van der Waals surface area contributed by atoms with Crippen LogP contribution < -0.4 is 0 Å². The van der Waals surface area contributed by atoms with E-state index in [0.717, 1.165) is 6.29 Å². The molecule has 3 heteroatoms. The fraction of sp³-hybridized carbons (Fsp3) is 0.833. The third kappa shape index (κ3) is 5.72. The largest absolute Gasteiger partial charge is 0.408 e. The summed E-state index contributed by atoms with van der Waals surface area (Å²) in [4.78, 5) is 10.1. The first-order valence-electron chi connectivity index (χ1n) is 3.09. The van der Waals surface area contributed by atoms with Gasteiger partial charge in [0.25, 0.3) is 0 Å². The minimum atomic E-state index is -1.47. The fourth-order valence-electron chi connectivity index (χ4n) is 0.585. The molecule has 0 radical (unpaired) electrons. The van der Waals surface area contributed by atoms with Crippen molar-refractivity contribution in [1.29, 1.82) is 0 Å². The Morgan fingerprint density at radius 3 is 2.00 bits per heavy atom. The van der Waals surface area contributed by atoms with Gasteiger partial charge in [-0.2, -0.15) is 0 Å². The number of aldehydes is 1. The summed E-state index contributed by atoms with van der Waals surface area (Å²) in [5.41, 5.74) is 0. The van der Waals surface area contributed by atoms with E-state index in [1.165, 1.54) is 0 Å². The second kappa shape index (κ2) is 3.13. The van der Waals surface area contributed by atoms with Gasteiger partial charge in [-0.15, -0.1) is 0 Å². The van der Waals surface area contributed by atoms with E-state index in [0.29, 0.717) is 0 Å². The topological polar surface area (TPSA) is 26.3 Å². The van der Waals surface area contributed by atoms with Crippen LogP contribution in [0.2, 0.25) is 19.6 Å². The molecule has 0 N–H and O–H groups in total. The van der Waals surface area contributed by atoms with Crippen molar-refractivity contribution >= 4 is 14.6 Å². The van der Waals surface area contributed by atoms with E-state index < -0.39 is 8.32 Å². The zero-order chi connectivity index (χ0) is 7.49. The molecule has 0 amide bonds. The summed E-state index contributed by atoms with van der Waals surface area (Å²) >= 11 is 0. The van der Waals surface area contributed by atoms with Gasteiger partial charge in [0.1, 0.15) is 6.29 Å². The molecule has 54 valence electrons. The number of carbonyl (C=O) groups excluding carboxylic acids is 1. The maximum absolute atomic E-state index is 10.1. The molecule has 0 bridgehead atoms. The van der Waals surface area contributed by atoms with Crippen molar-refractivity contribution in [2.45, 2.75) is 32.7 Å². The molecule has 0 heterocycles. The number of rotatable bonds is 3. The highest BCUT2D eigenvalue weighted by molar-refractivity contribution is 6.69. The number of hydrogen-bond donors (Lipinski definition) is 0. The summed E-state index contributed by atoms with van der Waals surface area (Å²) in [7, 11) is -1.47. The molecule has 0 fully saturated rings. The normalized spacial score (nSPS) is 15.1. The highest BCUT2D eigenvalue weighted by atomic mass is 28.4. The Hall–Kier alpha value is -0.153. The highest BCUT2D eigenvalue weighted by Crippen LogP contribution is 2.04. The molecule has 0 aliphatic carbocycles. The first-order valence-corrected chi connectivity index (χ1v) is 6.49. The molecule has 9 heavy (non-hydrogen) atoms. The Bertz CT molecular complexity index is 95.7. The lowest BCUT2D eigenvalue weighted by Gasteiger charge is -2.19. The summed E-state index contributed by atoms with van der Waals surface area (Å²) in [6.07, 6.45) is 0.606. The van der Waals surface area contributed by atoms with Crippen molar-refractivity contribution < 1.29 is 9.22 Å². The van der Waals surface area contributed by atoms with E-state index in [-0.39, 0.29) is 6.10 Å². The van der Waals surface area contributed by atoms with Crippen LogP contribution >= 0.6 is 0 Å². The van der Waals surface area contributed by atoms with Crippen LogP contribution in [-0.4, -0.2) is 20.7 Å². The van der Waals surface area contributed by atoms with Gasteiger partial charge in [-0.05, 0) is 26.6 Å². The van der Waals surface area contributed by atoms with Gasteiger partial charge >= 0.3 is 0 Å². The summed E-state index contributed by atoms with van der Waals surface area (Å²) in [6, 6.07) is 0. The molecule has 1 atom stereocenters. The summed E-state index contributed by atoms with van der Waals surface area (Å²) in [5, 5.41) is 0. The van der Waals surface area contributed by atoms with Crippen molar-refractivity contribution in [2.24, 2.45) is 0 Å². The van der Waals surface area contributed by atoms with Crippen molar-refractivity contribution in [3.63, 3.8) is 0 Å². The third-order valence-corrected chi connectivity index (χ3v) is 1.81. The lowest BCUT2D eigenvalue weighted by molar-refractivity contribution is -0.113. The maximum Gasteiger partial charge on any atom is 0.184 e. The predicted octanol–water partition coefficient (Wildman–Crippen LogP) is 1.43. The number of hydrogen-bond acceptors (Lipinski definition) is 2. The SMILES string of the molecule is CC(C=O)O[Si](C)(C)C. The van der Waals surface area contributed by atoms with E-state index in [4.69, 9.17) is 4.43 Å². The second-order valence-corrected chi connectivity index (χ2v) is 7.53. The van der Waals surface area contributed by atoms with E-state index in [1.807, 2.05) is 0 Å². The lowest BCUT2D eigenvalue weighted by atomic mass is 10.5.